The molecule has 1 atom stereocenters. The molecule has 0 bridgehead atoms. The predicted octanol–water partition coefficient (Wildman–Crippen LogP) is 2.14. The molecule has 20 heavy (non-hydrogen) atoms. The van der Waals surface area contributed by atoms with Crippen LogP contribution < -0.4 is 14.8 Å². The van der Waals surface area contributed by atoms with Gasteiger partial charge in [-0.3, -0.25) is 9.29 Å². The predicted molar refractivity (Wildman–Crippen MR) is 77.6 cm³/mol. The number of piperazine rings is 1. The standard InChI is InChI=1S/C14H19FN2O2.ClH/c15-5-4-12(17-8-6-16-7-9-17)11-2-1-3-13-14(11)19-10-18-13;/h1-3,12,16H,4-10H2;1H/t12-;/m1./s1. The van der Waals surface area contributed by atoms with Crippen LogP contribution in [-0.4, -0.2) is 44.5 Å². The number of ether oxygens (including phenoxy) is 2. The van der Waals surface area contributed by atoms with Crippen molar-refractivity contribution in [2.45, 2.75) is 12.5 Å². The summed E-state index contributed by atoms with van der Waals surface area (Å²) in [6.07, 6.45) is 0.500. The molecule has 1 aromatic carbocycles. The largest absolute Gasteiger partial charge is 0.454 e. The number of nitrogens with one attached hydrogen (secondary N) is 1. The second-order valence-corrected chi connectivity index (χ2v) is 4.86. The number of fused-ring (bicyclic) bond motifs is 1. The van der Waals surface area contributed by atoms with Gasteiger partial charge in [-0.2, -0.15) is 0 Å². The van der Waals surface area contributed by atoms with Crippen LogP contribution in [0.15, 0.2) is 18.2 Å². The van der Waals surface area contributed by atoms with Crippen LogP contribution in [0.25, 0.3) is 0 Å². The highest BCUT2D eigenvalue weighted by Gasteiger charge is 2.28. The van der Waals surface area contributed by atoms with E-state index in [9.17, 15) is 4.39 Å². The van der Waals surface area contributed by atoms with Gasteiger partial charge in [0.15, 0.2) is 11.5 Å². The molecule has 0 aliphatic carbocycles. The SMILES string of the molecule is Cl.FCC[C@H](c1cccc2c1OCO2)N1CCNCC1. The van der Waals surface area contributed by atoms with Crippen LogP contribution in [0.1, 0.15) is 18.0 Å². The first-order chi connectivity index (χ1) is 9.40. The van der Waals surface area contributed by atoms with Gasteiger partial charge in [0.1, 0.15) is 0 Å². The number of rotatable bonds is 4. The van der Waals surface area contributed by atoms with Gasteiger partial charge < -0.3 is 14.8 Å². The van der Waals surface area contributed by atoms with Crippen molar-refractivity contribution in [1.82, 2.24) is 10.2 Å². The molecule has 0 saturated carbocycles. The number of para-hydroxylation sites is 1. The zero-order valence-corrected chi connectivity index (χ0v) is 12.1. The first-order valence-corrected chi connectivity index (χ1v) is 6.79. The Morgan fingerprint density at radius 3 is 2.80 bits per heavy atom. The Hall–Kier alpha value is -1.04. The number of benzene rings is 1. The lowest BCUT2D eigenvalue weighted by molar-refractivity contribution is 0.148. The Balaban J connectivity index is 0.00000147. The fourth-order valence-corrected chi connectivity index (χ4v) is 2.85. The van der Waals surface area contributed by atoms with E-state index >= 15 is 0 Å². The van der Waals surface area contributed by atoms with E-state index < -0.39 is 0 Å². The third-order valence-corrected chi connectivity index (χ3v) is 3.76. The maximum absolute atomic E-state index is 12.9. The fraction of sp³-hybridized carbons (Fsp3) is 0.571. The summed E-state index contributed by atoms with van der Waals surface area (Å²) in [5.41, 5.74) is 1.05. The number of hydrogen-bond acceptors (Lipinski definition) is 4. The van der Waals surface area contributed by atoms with Crippen molar-refractivity contribution in [3.63, 3.8) is 0 Å². The summed E-state index contributed by atoms with van der Waals surface area (Å²) in [5, 5.41) is 3.32. The molecule has 1 saturated heterocycles. The highest BCUT2D eigenvalue weighted by atomic mass is 35.5. The molecule has 2 aliphatic heterocycles. The topological polar surface area (TPSA) is 33.7 Å². The molecule has 0 radical (unpaired) electrons. The van der Waals surface area contributed by atoms with Gasteiger partial charge >= 0.3 is 0 Å². The van der Waals surface area contributed by atoms with Crippen LogP contribution in [0, 0.1) is 0 Å². The third-order valence-electron chi connectivity index (χ3n) is 3.76. The minimum absolute atomic E-state index is 0. The van der Waals surface area contributed by atoms with Gasteiger partial charge in [0, 0.05) is 37.8 Å². The van der Waals surface area contributed by atoms with Crippen molar-refractivity contribution in [2.75, 3.05) is 39.6 Å². The van der Waals surface area contributed by atoms with Crippen molar-refractivity contribution in [2.24, 2.45) is 0 Å². The molecule has 0 amide bonds. The highest BCUT2D eigenvalue weighted by Crippen LogP contribution is 2.41. The average Bonchev–Trinajstić information content (AvgIpc) is 2.94. The summed E-state index contributed by atoms with van der Waals surface area (Å²) in [6, 6.07) is 5.95. The molecule has 1 N–H and O–H groups in total. The molecule has 2 heterocycles. The van der Waals surface area contributed by atoms with Crippen LogP contribution in [0.3, 0.4) is 0 Å². The zero-order chi connectivity index (χ0) is 13.1. The summed E-state index contributed by atoms with van der Waals surface area (Å²) in [6.45, 7) is 3.73. The number of nitrogens with zero attached hydrogens (tertiary/aromatic N) is 1. The van der Waals surface area contributed by atoms with E-state index in [0.717, 1.165) is 43.2 Å². The molecule has 6 heteroatoms. The minimum Gasteiger partial charge on any atom is -0.454 e. The second-order valence-electron chi connectivity index (χ2n) is 4.86. The summed E-state index contributed by atoms with van der Waals surface area (Å²) in [5.74, 6) is 1.57. The van der Waals surface area contributed by atoms with Gasteiger partial charge in [-0.05, 0) is 12.5 Å². The van der Waals surface area contributed by atoms with Crippen LogP contribution in [0.4, 0.5) is 4.39 Å². The van der Waals surface area contributed by atoms with E-state index in [4.69, 9.17) is 9.47 Å². The Morgan fingerprint density at radius 2 is 2.05 bits per heavy atom. The maximum Gasteiger partial charge on any atom is 0.231 e. The highest BCUT2D eigenvalue weighted by molar-refractivity contribution is 5.85. The molecular formula is C14H20ClFN2O2. The van der Waals surface area contributed by atoms with Crippen molar-refractivity contribution < 1.29 is 13.9 Å². The maximum atomic E-state index is 12.9. The van der Waals surface area contributed by atoms with Gasteiger partial charge in [0.25, 0.3) is 0 Å². The smallest absolute Gasteiger partial charge is 0.231 e. The molecule has 0 unspecified atom stereocenters. The molecule has 0 spiro atoms. The molecule has 4 nitrogen and oxygen atoms in total. The van der Waals surface area contributed by atoms with Crippen LogP contribution >= 0.6 is 12.4 Å². The molecule has 2 aliphatic rings. The first-order valence-electron chi connectivity index (χ1n) is 6.79. The molecule has 1 aromatic rings. The van der Waals surface area contributed by atoms with E-state index in [1.807, 2.05) is 18.2 Å². The van der Waals surface area contributed by atoms with E-state index in [1.54, 1.807) is 0 Å². The zero-order valence-electron chi connectivity index (χ0n) is 11.3. The lowest BCUT2D eigenvalue weighted by Gasteiger charge is -2.35. The summed E-state index contributed by atoms with van der Waals surface area (Å²) in [7, 11) is 0. The van der Waals surface area contributed by atoms with Crippen molar-refractivity contribution >= 4 is 12.4 Å². The Morgan fingerprint density at radius 1 is 1.25 bits per heavy atom. The van der Waals surface area contributed by atoms with E-state index in [1.165, 1.54) is 0 Å². The van der Waals surface area contributed by atoms with E-state index in [0.29, 0.717) is 6.42 Å². The Labute approximate surface area is 124 Å². The van der Waals surface area contributed by atoms with Crippen molar-refractivity contribution in [3.8, 4) is 11.5 Å². The van der Waals surface area contributed by atoms with Gasteiger partial charge in [0.2, 0.25) is 6.79 Å². The summed E-state index contributed by atoms with van der Waals surface area (Å²) in [4.78, 5) is 2.33. The number of hydrogen-bond donors (Lipinski definition) is 1. The van der Waals surface area contributed by atoms with Gasteiger partial charge in [-0.15, -0.1) is 12.4 Å². The molecule has 0 aromatic heterocycles. The summed E-state index contributed by atoms with van der Waals surface area (Å²) >= 11 is 0. The molecule has 1 fully saturated rings. The average molecular weight is 303 g/mol. The monoisotopic (exact) mass is 302 g/mol. The van der Waals surface area contributed by atoms with Crippen LogP contribution in [-0.2, 0) is 0 Å². The summed E-state index contributed by atoms with van der Waals surface area (Å²) < 4.78 is 23.9. The first kappa shape index (κ1) is 15.4. The molecule has 3 rings (SSSR count). The van der Waals surface area contributed by atoms with Crippen molar-refractivity contribution in [1.29, 1.82) is 0 Å². The quantitative estimate of drug-likeness (QED) is 0.924. The van der Waals surface area contributed by atoms with Crippen LogP contribution in [0.5, 0.6) is 11.5 Å². The lowest BCUT2D eigenvalue weighted by atomic mass is 10.00. The van der Waals surface area contributed by atoms with Crippen LogP contribution in [0.2, 0.25) is 0 Å². The normalized spacial score (nSPS) is 19.4. The molecule has 112 valence electrons. The Kier molecular flexibility index (Phi) is 5.46. The van der Waals surface area contributed by atoms with E-state index in [2.05, 4.69) is 10.2 Å². The van der Waals surface area contributed by atoms with Gasteiger partial charge in [-0.1, -0.05) is 12.1 Å². The molecular weight excluding hydrogens is 283 g/mol. The lowest BCUT2D eigenvalue weighted by Crippen LogP contribution is -2.45. The minimum atomic E-state index is -0.320. The number of halogens is 2. The van der Waals surface area contributed by atoms with Crippen molar-refractivity contribution in [3.05, 3.63) is 23.8 Å². The van der Waals surface area contributed by atoms with E-state index in [-0.39, 0.29) is 31.9 Å². The van der Waals surface area contributed by atoms with Gasteiger partial charge in [-0.25, -0.2) is 0 Å². The second kappa shape index (κ2) is 7.11. The van der Waals surface area contributed by atoms with Gasteiger partial charge in [0.05, 0.1) is 6.67 Å². The number of alkyl halides is 1. The third kappa shape index (κ3) is 3.00. The fourth-order valence-electron chi connectivity index (χ4n) is 2.85. The Bertz CT molecular complexity index is 441.